The van der Waals surface area contributed by atoms with E-state index in [0.29, 0.717) is 24.5 Å². The van der Waals surface area contributed by atoms with Crippen molar-refractivity contribution in [3.05, 3.63) is 65.4 Å². The van der Waals surface area contributed by atoms with E-state index in [1.807, 2.05) is 36.4 Å². The van der Waals surface area contributed by atoms with Crippen LogP contribution in [0.25, 0.3) is 10.9 Å². The number of para-hydroxylation sites is 1. The Kier molecular flexibility index (Phi) is 4.92. The summed E-state index contributed by atoms with van der Waals surface area (Å²) in [6.07, 6.45) is 2.06. The van der Waals surface area contributed by atoms with E-state index in [2.05, 4.69) is 20.2 Å². The van der Waals surface area contributed by atoms with E-state index in [-0.39, 0.29) is 11.9 Å². The molecular weight excluding hydrogens is 362 g/mol. The monoisotopic (exact) mass is 381 g/mol. The number of rotatable bonds is 5. The van der Waals surface area contributed by atoms with Gasteiger partial charge in [0.1, 0.15) is 12.1 Å². The van der Waals surface area contributed by atoms with Crippen LogP contribution in [-0.4, -0.2) is 41.0 Å². The molecule has 0 saturated carbocycles. The maximum absolute atomic E-state index is 12.4. The van der Waals surface area contributed by atoms with Crippen molar-refractivity contribution in [2.45, 2.75) is 18.5 Å². The van der Waals surface area contributed by atoms with E-state index in [9.17, 15) is 4.79 Å². The van der Waals surface area contributed by atoms with E-state index in [1.54, 1.807) is 18.5 Å². The normalized spacial score (nSPS) is 15.4. The largest absolute Gasteiger partial charge is 0.352 e. The average molecular weight is 382 g/mol. The summed E-state index contributed by atoms with van der Waals surface area (Å²) in [7, 11) is 0. The van der Waals surface area contributed by atoms with Gasteiger partial charge >= 0.3 is 0 Å². The first kappa shape index (κ1) is 17.7. The molecule has 3 N–H and O–H groups in total. The lowest BCUT2D eigenvalue weighted by molar-refractivity contribution is -0.123. The number of fused-ring (bicyclic) bond motifs is 1. The first-order valence-electron chi connectivity index (χ1n) is 8.85. The molecule has 7 heteroatoms. The van der Waals surface area contributed by atoms with Crippen molar-refractivity contribution in [3.8, 4) is 0 Å². The Morgan fingerprint density at radius 1 is 1.19 bits per heavy atom. The molecule has 1 fully saturated rings. The molecule has 1 saturated heterocycles. The number of hydrogen-bond donors (Lipinski definition) is 2. The molecule has 6 nitrogen and oxygen atoms in total. The number of halogens is 1. The highest BCUT2D eigenvalue weighted by molar-refractivity contribution is 6.30. The molecule has 4 rings (SSSR count). The number of carbonyl (C=O) groups is 1. The fourth-order valence-corrected chi connectivity index (χ4v) is 3.39. The minimum absolute atomic E-state index is 0.0718. The fraction of sp³-hybridized carbons (Fsp3) is 0.250. The van der Waals surface area contributed by atoms with Crippen LogP contribution in [0.3, 0.4) is 0 Å². The first-order chi connectivity index (χ1) is 13.1. The van der Waals surface area contributed by atoms with Crippen LogP contribution >= 0.6 is 11.6 Å². The SMILES string of the molecule is N[C@H](Cc1ccc(Cl)cc1)C(=O)NC1CN(c2ncnc3ccccc23)C1. The first-order valence-corrected chi connectivity index (χ1v) is 9.23. The lowest BCUT2D eigenvalue weighted by Gasteiger charge is -2.41. The molecule has 2 heterocycles. The molecule has 0 bridgehead atoms. The summed E-state index contributed by atoms with van der Waals surface area (Å²) in [5, 5.41) is 4.71. The van der Waals surface area contributed by atoms with E-state index >= 15 is 0 Å². The number of benzene rings is 2. The molecule has 3 aromatic rings. The second kappa shape index (κ2) is 7.50. The Bertz CT molecular complexity index is 951. The minimum atomic E-state index is -0.583. The average Bonchev–Trinajstić information content (AvgIpc) is 2.65. The molecule has 27 heavy (non-hydrogen) atoms. The van der Waals surface area contributed by atoms with E-state index in [4.69, 9.17) is 17.3 Å². The third kappa shape index (κ3) is 3.86. The lowest BCUT2D eigenvalue weighted by atomic mass is 10.0. The van der Waals surface area contributed by atoms with Crippen molar-refractivity contribution < 1.29 is 4.79 Å². The van der Waals surface area contributed by atoms with Gasteiger partial charge in [-0.05, 0) is 36.2 Å². The van der Waals surface area contributed by atoms with Crippen molar-refractivity contribution in [2.24, 2.45) is 5.73 Å². The van der Waals surface area contributed by atoms with Gasteiger partial charge in [-0.2, -0.15) is 0 Å². The van der Waals surface area contributed by atoms with Crippen LogP contribution in [-0.2, 0) is 11.2 Å². The van der Waals surface area contributed by atoms with Gasteiger partial charge in [-0.15, -0.1) is 0 Å². The number of carbonyl (C=O) groups excluding carboxylic acids is 1. The van der Waals surface area contributed by atoms with Crippen LogP contribution in [0, 0.1) is 0 Å². The number of nitrogens with zero attached hydrogens (tertiary/aromatic N) is 3. The molecule has 1 amide bonds. The van der Waals surface area contributed by atoms with Gasteiger partial charge in [-0.1, -0.05) is 35.9 Å². The smallest absolute Gasteiger partial charge is 0.237 e. The molecule has 1 aromatic heterocycles. The Balaban J connectivity index is 1.33. The Morgan fingerprint density at radius 2 is 1.93 bits per heavy atom. The van der Waals surface area contributed by atoms with Crippen molar-refractivity contribution in [1.29, 1.82) is 0 Å². The molecule has 1 aliphatic rings. The summed E-state index contributed by atoms with van der Waals surface area (Å²) in [6.45, 7) is 1.42. The minimum Gasteiger partial charge on any atom is -0.352 e. The van der Waals surface area contributed by atoms with Crippen molar-refractivity contribution in [3.63, 3.8) is 0 Å². The number of nitrogens with one attached hydrogen (secondary N) is 1. The van der Waals surface area contributed by atoms with E-state index < -0.39 is 6.04 Å². The molecule has 138 valence electrons. The summed E-state index contributed by atoms with van der Waals surface area (Å²) in [4.78, 5) is 23.2. The number of aromatic nitrogens is 2. The van der Waals surface area contributed by atoms with Gasteiger partial charge in [0, 0.05) is 23.5 Å². The van der Waals surface area contributed by atoms with Gasteiger partial charge in [-0.25, -0.2) is 9.97 Å². The predicted molar refractivity (Wildman–Crippen MR) is 107 cm³/mol. The third-order valence-electron chi connectivity index (χ3n) is 4.75. The van der Waals surface area contributed by atoms with Gasteiger partial charge in [-0.3, -0.25) is 4.79 Å². The van der Waals surface area contributed by atoms with Crippen LogP contribution < -0.4 is 16.0 Å². The van der Waals surface area contributed by atoms with Gasteiger partial charge < -0.3 is 16.0 Å². The van der Waals surface area contributed by atoms with Crippen molar-refractivity contribution >= 4 is 34.2 Å². The summed E-state index contributed by atoms with van der Waals surface area (Å²) in [5.41, 5.74) is 7.96. The zero-order valence-electron chi connectivity index (χ0n) is 14.7. The van der Waals surface area contributed by atoms with Crippen molar-refractivity contribution in [1.82, 2.24) is 15.3 Å². The Labute approximate surface area is 162 Å². The van der Waals surface area contributed by atoms with Gasteiger partial charge in [0.2, 0.25) is 5.91 Å². The molecule has 0 spiro atoms. The molecule has 1 atom stereocenters. The van der Waals surface area contributed by atoms with Gasteiger partial charge in [0.15, 0.2) is 0 Å². The zero-order chi connectivity index (χ0) is 18.8. The highest BCUT2D eigenvalue weighted by Crippen LogP contribution is 2.26. The number of amides is 1. The number of nitrogens with two attached hydrogens (primary N) is 1. The number of hydrogen-bond acceptors (Lipinski definition) is 5. The van der Waals surface area contributed by atoms with Crippen LogP contribution in [0.1, 0.15) is 5.56 Å². The predicted octanol–water partition coefficient (Wildman–Crippen LogP) is 2.16. The Hall–Kier alpha value is -2.70. The molecule has 2 aromatic carbocycles. The zero-order valence-corrected chi connectivity index (χ0v) is 15.4. The molecule has 0 aliphatic carbocycles. The molecule has 1 aliphatic heterocycles. The van der Waals surface area contributed by atoms with Crippen LogP contribution in [0.15, 0.2) is 54.9 Å². The van der Waals surface area contributed by atoms with Gasteiger partial charge in [0.25, 0.3) is 0 Å². The second-order valence-corrected chi connectivity index (χ2v) is 7.20. The van der Waals surface area contributed by atoms with Crippen LogP contribution in [0.2, 0.25) is 5.02 Å². The molecular formula is C20H20ClN5O. The van der Waals surface area contributed by atoms with Crippen molar-refractivity contribution in [2.75, 3.05) is 18.0 Å². The fourth-order valence-electron chi connectivity index (χ4n) is 3.26. The maximum atomic E-state index is 12.4. The lowest BCUT2D eigenvalue weighted by Crippen LogP contribution is -2.62. The third-order valence-corrected chi connectivity index (χ3v) is 5.01. The standard InChI is InChI=1S/C20H20ClN5O/c21-14-7-5-13(6-8-14)9-17(22)20(27)25-15-10-26(11-15)19-16-3-1-2-4-18(16)23-12-24-19/h1-8,12,15,17H,9-11,22H2,(H,25,27)/t17-/m1/s1. The highest BCUT2D eigenvalue weighted by Gasteiger charge is 2.31. The summed E-state index contributed by atoms with van der Waals surface area (Å²) >= 11 is 5.88. The highest BCUT2D eigenvalue weighted by atomic mass is 35.5. The van der Waals surface area contributed by atoms with Crippen LogP contribution in [0.5, 0.6) is 0 Å². The quantitative estimate of drug-likeness (QED) is 0.707. The molecule has 0 unspecified atom stereocenters. The molecule has 0 radical (unpaired) electrons. The topological polar surface area (TPSA) is 84.1 Å². The van der Waals surface area contributed by atoms with E-state index in [1.165, 1.54) is 0 Å². The van der Waals surface area contributed by atoms with Gasteiger partial charge in [0.05, 0.1) is 17.6 Å². The maximum Gasteiger partial charge on any atom is 0.237 e. The second-order valence-electron chi connectivity index (χ2n) is 6.76. The van der Waals surface area contributed by atoms with E-state index in [0.717, 1.165) is 22.3 Å². The summed E-state index contributed by atoms with van der Waals surface area (Å²) in [5.74, 6) is 0.763. The summed E-state index contributed by atoms with van der Waals surface area (Å²) < 4.78 is 0. The number of anilines is 1. The summed E-state index contributed by atoms with van der Waals surface area (Å²) in [6, 6.07) is 14.8. The van der Waals surface area contributed by atoms with Crippen LogP contribution in [0.4, 0.5) is 5.82 Å². The Morgan fingerprint density at radius 3 is 2.70 bits per heavy atom.